The first-order valence-electron chi connectivity index (χ1n) is 6.64. The van der Waals surface area contributed by atoms with Crippen molar-refractivity contribution in [1.29, 1.82) is 0 Å². The first-order chi connectivity index (χ1) is 9.08. The van der Waals surface area contributed by atoms with Gasteiger partial charge in [-0.05, 0) is 31.4 Å². The number of aryl methyl sites for hydroxylation is 1. The highest BCUT2D eigenvalue weighted by Crippen LogP contribution is 2.20. The van der Waals surface area contributed by atoms with Crippen molar-refractivity contribution in [2.45, 2.75) is 45.1 Å². The molecule has 102 valence electrons. The lowest BCUT2D eigenvalue weighted by molar-refractivity contribution is -0.384. The summed E-state index contributed by atoms with van der Waals surface area (Å²) in [4.78, 5) is 22.3. The fourth-order valence-electron chi connectivity index (χ4n) is 2.53. The van der Waals surface area contributed by atoms with E-state index in [9.17, 15) is 14.9 Å². The summed E-state index contributed by atoms with van der Waals surface area (Å²) >= 11 is 0. The van der Waals surface area contributed by atoms with Crippen molar-refractivity contribution in [1.82, 2.24) is 5.32 Å². The van der Waals surface area contributed by atoms with Gasteiger partial charge in [-0.2, -0.15) is 0 Å². The Morgan fingerprint density at radius 2 is 2.00 bits per heavy atom. The first-order valence-corrected chi connectivity index (χ1v) is 6.64. The lowest BCUT2D eigenvalue weighted by Gasteiger charge is -2.23. The van der Waals surface area contributed by atoms with Crippen molar-refractivity contribution in [3.63, 3.8) is 0 Å². The molecule has 5 heteroatoms. The van der Waals surface area contributed by atoms with E-state index in [4.69, 9.17) is 0 Å². The molecule has 1 amide bonds. The maximum atomic E-state index is 12.1. The summed E-state index contributed by atoms with van der Waals surface area (Å²) in [6.45, 7) is 1.72. The Kier molecular flexibility index (Phi) is 4.14. The summed E-state index contributed by atoms with van der Waals surface area (Å²) in [5.41, 5.74) is 1.19. The molecule has 1 aliphatic carbocycles. The number of carbonyl (C=O) groups excluding carboxylic acids is 1. The molecule has 0 atom stereocenters. The summed E-state index contributed by atoms with van der Waals surface area (Å²) < 4.78 is 0. The van der Waals surface area contributed by atoms with Gasteiger partial charge in [0.05, 0.1) is 4.92 Å². The summed E-state index contributed by atoms with van der Waals surface area (Å²) in [7, 11) is 0. The first kappa shape index (κ1) is 13.5. The van der Waals surface area contributed by atoms with Crippen LogP contribution in [0.4, 0.5) is 5.69 Å². The molecule has 1 aromatic rings. The van der Waals surface area contributed by atoms with E-state index in [1.54, 1.807) is 6.92 Å². The number of hydrogen-bond donors (Lipinski definition) is 1. The van der Waals surface area contributed by atoms with E-state index in [2.05, 4.69) is 5.32 Å². The Bertz CT molecular complexity index is 493. The van der Waals surface area contributed by atoms with Crippen LogP contribution in [-0.2, 0) is 0 Å². The van der Waals surface area contributed by atoms with E-state index in [1.165, 1.54) is 24.6 Å². The second kappa shape index (κ2) is 5.82. The molecule has 1 fully saturated rings. The average molecular weight is 262 g/mol. The van der Waals surface area contributed by atoms with Crippen molar-refractivity contribution in [3.8, 4) is 0 Å². The molecule has 0 aliphatic heterocycles. The molecule has 0 bridgehead atoms. The topological polar surface area (TPSA) is 72.2 Å². The fraction of sp³-hybridized carbons (Fsp3) is 0.500. The van der Waals surface area contributed by atoms with Crippen LogP contribution in [-0.4, -0.2) is 16.9 Å². The van der Waals surface area contributed by atoms with E-state index in [-0.39, 0.29) is 17.6 Å². The third-order valence-corrected chi connectivity index (χ3v) is 3.61. The number of carbonyl (C=O) groups is 1. The van der Waals surface area contributed by atoms with Crippen LogP contribution in [0.15, 0.2) is 18.2 Å². The second-order valence-electron chi connectivity index (χ2n) is 5.06. The third-order valence-electron chi connectivity index (χ3n) is 3.61. The average Bonchev–Trinajstić information content (AvgIpc) is 2.39. The van der Waals surface area contributed by atoms with Crippen LogP contribution in [0.25, 0.3) is 0 Å². The summed E-state index contributed by atoms with van der Waals surface area (Å²) in [5.74, 6) is -0.126. The molecule has 1 aromatic carbocycles. The van der Waals surface area contributed by atoms with Gasteiger partial charge in [0.2, 0.25) is 0 Å². The quantitative estimate of drug-likeness (QED) is 0.672. The molecule has 1 saturated carbocycles. The Morgan fingerprint density at radius 3 is 2.58 bits per heavy atom. The number of rotatable bonds is 3. The molecule has 0 radical (unpaired) electrons. The largest absolute Gasteiger partial charge is 0.349 e. The van der Waals surface area contributed by atoms with Gasteiger partial charge in [0.1, 0.15) is 0 Å². The molecule has 0 unspecified atom stereocenters. The van der Waals surface area contributed by atoms with Crippen LogP contribution in [0.2, 0.25) is 0 Å². The van der Waals surface area contributed by atoms with Gasteiger partial charge in [-0.1, -0.05) is 19.3 Å². The number of nitrogens with one attached hydrogen (secondary N) is 1. The second-order valence-corrected chi connectivity index (χ2v) is 5.06. The summed E-state index contributed by atoms with van der Waals surface area (Å²) in [6.07, 6.45) is 5.60. The maximum Gasteiger partial charge on any atom is 0.269 e. The molecule has 1 aliphatic rings. The zero-order valence-electron chi connectivity index (χ0n) is 11.0. The smallest absolute Gasteiger partial charge is 0.269 e. The SMILES string of the molecule is Cc1cc([N+](=O)[O-])ccc1C(=O)NC1CCCCC1. The van der Waals surface area contributed by atoms with Crippen molar-refractivity contribution < 1.29 is 9.72 Å². The zero-order chi connectivity index (χ0) is 13.8. The normalized spacial score (nSPS) is 16.1. The monoisotopic (exact) mass is 262 g/mol. The van der Waals surface area contributed by atoms with Crippen LogP contribution in [0.5, 0.6) is 0 Å². The minimum absolute atomic E-state index is 0.0201. The Morgan fingerprint density at radius 1 is 1.32 bits per heavy atom. The van der Waals surface area contributed by atoms with Crippen LogP contribution < -0.4 is 5.32 Å². The van der Waals surface area contributed by atoms with Crippen LogP contribution in [0.1, 0.15) is 48.0 Å². The summed E-state index contributed by atoms with van der Waals surface area (Å²) in [5, 5.41) is 13.7. The fourth-order valence-corrected chi connectivity index (χ4v) is 2.53. The van der Waals surface area contributed by atoms with Crippen LogP contribution >= 0.6 is 0 Å². The van der Waals surface area contributed by atoms with Crippen molar-refractivity contribution in [2.24, 2.45) is 0 Å². The summed E-state index contributed by atoms with van der Waals surface area (Å²) in [6, 6.07) is 4.60. The number of nitrogens with zero attached hydrogens (tertiary/aromatic N) is 1. The molecule has 2 rings (SSSR count). The molecule has 1 N–H and O–H groups in total. The van der Waals surface area contributed by atoms with Crippen molar-refractivity contribution in [2.75, 3.05) is 0 Å². The highest BCUT2D eigenvalue weighted by Gasteiger charge is 2.18. The van der Waals surface area contributed by atoms with Gasteiger partial charge in [-0.3, -0.25) is 14.9 Å². The number of nitro benzene ring substituents is 1. The van der Waals surface area contributed by atoms with Gasteiger partial charge in [0, 0.05) is 23.7 Å². The van der Waals surface area contributed by atoms with E-state index in [0.29, 0.717) is 11.1 Å². The van der Waals surface area contributed by atoms with Crippen LogP contribution in [0, 0.1) is 17.0 Å². The molecule has 0 saturated heterocycles. The van der Waals surface area contributed by atoms with Gasteiger partial charge in [-0.15, -0.1) is 0 Å². The van der Waals surface area contributed by atoms with Gasteiger partial charge in [0.15, 0.2) is 0 Å². The number of amides is 1. The molecule has 5 nitrogen and oxygen atoms in total. The Hall–Kier alpha value is -1.91. The van der Waals surface area contributed by atoms with Gasteiger partial charge < -0.3 is 5.32 Å². The zero-order valence-corrected chi connectivity index (χ0v) is 11.0. The molecule has 0 spiro atoms. The third kappa shape index (κ3) is 3.30. The lowest BCUT2D eigenvalue weighted by atomic mass is 9.95. The van der Waals surface area contributed by atoms with E-state index < -0.39 is 4.92 Å². The minimum atomic E-state index is -0.449. The predicted octanol–water partition coefficient (Wildman–Crippen LogP) is 2.97. The number of non-ortho nitro benzene ring substituents is 1. The van der Waals surface area contributed by atoms with E-state index >= 15 is 0 Å². The number of hydrogen-bond acceptors (Lipinski definition) is 3. The number of benzene rings is 1. The number of nitro groups is 1. The van der Waals surface area contributed by atoms with Gasteiger partial charge in [0.25, 0.3) is 11.6 Å². The highest BCUT2D eigenvalue weighted by molar-refractivity contribution is 5.96. The molecule has 19 heavy (non-hydrogen) atoms. The lowest BCUT2D eigenvalue weighted by Crippen LogP contribution is -2.36. The van der Waals surface area contributed by atoms with Crippen molar-refractivity contribution in [3.05, 3.63) is 39.4 Å². The molecule has 0 heterocycles. The van der Waals surface area contributed by atoms with E-state index in [1.807, 2.05) is 0 Å². The minimum Gasteiger partial charge on any atom is -0.349 e. The molecule has 0 aromatic heterocycles. The van der Waals surface area contributed by atoms with Gasteiger partial charge in [-0.25, -0.2) is 0 Å². The van der Waals surface area contributed by atoms with Gasteiger partial charge >= 0.3 is 0 Å². The van der Waals surface area contributed by atoms with Crippen molar-refractivity contribution >= 4 is 11.6 Å². The Labute approximate surface area is 112 Å². The molecular formula is C14H18N2O3. The maximum absolute atomic E-state index is 12.1. The standard InChI is InChI=1S/C14H18N2O3/c1-10-9-12(16(18)19)7-8-13(10)14(17)15-11-5-3-2-4-6-11/h7-9,11H,2-6H2,1H3,(H,15,17). The predicted molar refractivity (Wildman–Crippen MR) is 72.2 cm³/mol. The van der Waals surface area contributed by atoms with Crippen LogP contribution in [0.3, 0.4) is 0 Å². The molecular weight excluding hydrogens is 244 g/mol. The highest BCUT2D eigenvalue weighted by atomic mass is 16.6. The Balaban J connectivity index is 2.08. The van der Waals surface area contributed by atoms with E-state index in [0.717, 1.165) is 25.7 Å².